The maximum atomic E-state index is 13.4. The number of benzene rings is 2. The minimum Gasteiger partial charge on any atom is -0.354 e. The van der Waals surface area contributed by atoms with E-state index in [0.717, 1.165) is 26.1 Å². The number of hydrogen-bond donors (Lipinski definition) is 1. The van der Waals surface area contributed by atoms with Gasteiger partial charge in [-0.1, -0.05) is 30.7 Å². The van der Waals surface area contributed by atoms with E-state index in [0.29, 0.717) is 17.3 Å². The normalized spacial score (nSPS) is 12.2. The summed E-state index contributed by atoms with van der Waals surface area (Å²) in [5, 5.41) is 3.30. The number of anilines is 1. The number of rotatable bonds is 10. The van der Waals surface area contributed by atoms with Crippen LogP contribution in [0, 0.1) is 3.57 Å². The Kier molecular flexibility index (Phi) is 9.78. The van der Waals surface area contributed by atoms with Crippen molar-refractivity contribution in [3.63, 3.8) is 0 Å². The summed E-state index contributed by atoms with van der Waals surface area (Å²) in [7, 11) is -3.74. The van der Waals surface area contributed by atoms with Crippen LogP contribution >= 0.6 is 34.2 Å². The van der Waals surface area contributed by atoms with Crippen molar-refractivity contribution in [1.82, 2.24) is 10.2 Å². The Morgan fingerprint density at radius 3 is 2.38 bits per heavy atom. The second kappa shape index (κ2) is 11.9. The Morgan fingerprint density at radius 2 is 1.81 bits per heavy atom. The summed E-state index contributed by atoms with van der Waals surface area (Å²) in [5.74, 6) is -0.796. The highest BCUT2D eigenvalue weighted by molar-refractivity contribution is 14.1. The van der Waals surface area contributed by atoms with Crippen LogP contribution in [-0.2, 0) is 26.2 Å². The molecule has 0 aromatic heterocycles. The average Bonchev–Trinajstić information content (AvgIpc) is 2.73. The summed E-state index contributed by atoms with van der Waals surface area (Å²) < 4.78 is 26.9. The van der Waals surface area contributed by atoms with Gasteiger partial charge in [0.2, 0.25) is 21.8 Å². The van der Waals surface area contributed by atoms with Crippen LogP contribution in [0.15, 0.2) is 48.5 Å². The van der Waals surface area contributed by atoms with Gasteiger partial charge in [0.25, 0.3) is 0 Å². The fourth-order valence-corrected chi connectivity index (χ4v) is 4.45. The van der Waals surface area contributed by atoms with Gasteiger partial charge in [0.1, 0.15) is 12.6 Å². The van der Waals surface area contributed by atoms with Crippen molar-refractivity contribution in [2.24, 2.45) is 0 Å². The highest BCUT2D eigenvalue weighted by Gasteiger charge is 2.30. The predicted molar refractivity (Wildman–Crippen MR) is 136 cm³/mol. The van der Waals surface area contributed by atoms with Crippen LogP contribution in [0.2, 0.25) is 5.02 Å². The van der Waals surface area contributed by atoms with Crippen molar-refractivity contribution in [2.45, 2.75) is 32.9 Å². The summed E-state index contributed by atoms with van der Waals surface area (Å²) in [6.07, 6.45) is 1.81. The van der Waals surface area contributed by atoms with Gasteiger partial charge in [-0.3, -0.25) is 13.9 Å². The number of nitrogens with zero attached hydrogens (tertiary/aromatic N) is 2. The highest BCUT2D eigenvalue weighted by atomic mass is 127. The molecule has 0 aliphatic rings. The van der Waals surface area contributed by atoms with Crippen LogP contribution in [0.25, 0.3) is 0 Å². The zero-order valence-electron chi connectivity index (χ0n) is 18.2. The molecule has 0 spiro atoms. The summed E-state index contributed by atoms with van der Waals surface area (Å²) in [4.78, 5) is 27.4. The first-order chi connectivity index (χ1) is 15.0. The molecule has 2 rings (SSSR count). The first kappa shape index (κ1) is 26.4. The van der Waals surface area contributed by atoms with E-state index in [1.165, 1.54) is 4.90 Å². The lowest BCUT2D eigenvalue weighted by atomic mass is 10.1. The molecular formula is C22H27ClIN3O4S. The van der Waals surface area contributed by atoms with Crippen molar-refractivity contribution in [1.29, 1.82) is 0 Å². The van der Waals surface area contributed by atoms with Gasteiger partial charge >= 0.3 is 0 Å². The minimum absolute atomic E-state index is 0.115. The molecule has 0 unspecified atom stereocenters. The third kappa shape index (κ3) is 7.63. The lowest BCUT2D eigenvalue weighted by molar-refractivity contribution is -0.139. The largest absolute Gasteiger partial charge is 0.354 e. The van der Waals surface area contributed by atoms with Gasteiger partial charge < -0.3 is 10.2 Å². The molecular weight excluding hydrogens is 565 g/mol. The van der Waals surface area contributed by atoms with Gasteiger partial charge in [-0.25, -0.2) is 8.42 Å². The fraction of sp³-hybridized carbons (Fsp3) is 0.364. The van der Waals surface area contributed by atoms with Gasteiger partial charge in [0.15, 0.2) is 0 Å². The molecule has 174 valence electrons. The maximum Gasteiger partial charge on any atom is 0.244 e. The number of sulfonamides is 1. The molecule has 0 saturated carbocycles. The van der Waals surface area contributed by atoms with Gasteiger partial charge in [-0.15, -0.1) is 0 Å². The van der Waals surface area contributed by atoms with Crippen LogP contribution in [0.5, 0.6) is 0 Å². The number of carbonyl (C=O) groups is 2. The second-order valence-corrected chi connectivity index (χ2v) is 11.0. The molecule has 0 fully saturated rings. The number of amides is 2. The molecule has 0 radical (unpaired) electrons. The zero-order valence-corrected chi connectivity index (χ0v) is 21.9. The summed E-state index contributed by atoms with van der Waals surface area (Å²) in [6.45, 7) is 3.74. The third-order valence-corrected chi connectivity index (χ3v) is 6.85. The quantitative estimate of drug-likeness (QED) is 0.428. The van der Waals surface area contributed by atoms with E-state index in [9.17, 15) is 18.0 Å². The van der Waals surface area contributed by atoms with E-state index in [4.69, 9.17) is 11.6 Å². The molecule has 0 heterocycles. The average molecular weight is 592 g/mol. The highest BCUT2D eigenvalue weighted by Crippen LogP contribution is 2.21. The molecule has 32 heavy (non-hydrogen) atoms. The van der Waals surface area contributed by atoms with E-state index in [1.807, 2.05) is 6.92 Å². The lowest BCUT2D eigenvalue weighted by Crippen LogP contribution is -2.51. The van der Waals surface area contributed by atoms with Crippen molar-refractivity contribution in [3.8, 4) is 0 Å². The van der Waals surface area contributed by atoms with Crippen LogP contribution in [0.1, 0.15) is 25.8 Å². The smallest absolute Gasteiger partial charge is 0.244 e. The van der Waals surface area contributed by atoms with Crippen molar-refractivity contribution in [3.05, 3.63) is 62.7 Å². The van der Waals surface area contributed by atoms with E-state index in [1.54, 1.807) is 55.5 Å². The van der Waals surface area contributed by atoms with E-state index >= 15 is 0 Å². The van der Waals surface area contributed by atoms with Crippen LogP contribution < -0.4 is 9.62 Å². The minimum atomic E-state index is -3.74. The Hall–Kier alpha value is -1.85. The fourth-order valence-electron chi connectivity index (χ4n) is 3.03. The number of nitrogens with one attached hydrogen (secondary N) is 1. The maximum absolute atomic E-state index is 13.4. The monoisotopic (exact) mass is 591 g/mol. The molecule has 7 nitrogen and oxygen atoms in total. The molecule has 0 bridgehead atoms. The van der Waals surface area contributed by atoms with Gasteiger partial charge in [0, 0.05) is 21.7 Å². The van der Waals surface area contributed by atoms with Crippen LogP contribution in [0.3, 0.4) is 0 Å². The molecule has 10 heteroatoms. The Labute approximate surface area is 208 Å². The predicted octanol–water partition coefficient (Wildman–Crippen LogP) is 3.65. The molecule has 2 aromatic rings. The Balaban J connectivity index is 2.35. The van der Waals surface area contributed by atoms with Gasteiger partial charge in [-0.2, -0.15) is 0 Å². The van der Waals surface area contributed by atoms with Crippen LogP contribution in [-0.4, -0.2) is 50.5 Å². The molecule has 0 saturated heterocycles. The van der Waals surface area contributed by atoms with E-state index in [-0.39, 0.29) is 12.5 Å². The lowest BCUT2D eigenvalue weighted by Gasteiger charge is -2.31. The van der Waals surface area contributed by atoms with Crippen molar-refractivity contribution >= 4 is 61.7 Å². The number of halogens is 2. The summed E-state index contributed by atoms with van der Waals surface area (Å²) in [6, 6.07) is 13.0. The molecule has 0 aliphatic heterocycles. The number of carbonyl (C=O) groups excluding carboxylic acids is 2. The third-order valence-electron chi connectivity index (χ3n) is 4.75. The first-order valence-corrected chi connectivity index (χ1v) is 13.4. The van der Waals surface area contributed by atoms with Crippen LogP contribution in [0.4, 0.5) is 5.69 Å². The van der Waals surface area contributed by atoms with E-state index in [2.05, 4.69) is 27.9 Å². The Bertz CT molecular complexity index is 1050. The second-order valence-electron chi connectivity index (χ2n) is 7.36. The number of hydrogen-bond acceptors (Lipinski definition) is 4. The molecule has 1 N–H and O–H groups in total. The zero-order chi connectivity index (χ0) is 23.9. The van der Waals surface area contributed by atoms with Gasteiger partial charge in [-0.05, 0) is 77.9 Å². The standard InChI is InChI=1S/C22H27ClIN3O4S/c1-4-12-25-22(29)16(2)26(14-17-6-5-7-18(23)13-17)21(28)15-27(32(3,30)31)20-10-8-19(24)9-11-20/h5-11,13,16H,4,12,14-15H2,1-3H3,(H,25,29)/t16-/m0/s1. The summed E-state index contributed by atoms with van der Waals surface area (Å²) >= 11 is 8.20. The van der Waals surface area contributed by atoms with Gasteiger partial charge in [0.05, 0.1) is 11.9 Å². The topological polar surface area (TPSA) is 86.8 Å². The molecule has 2 aromatic carbocycles. The first-order valence-electron chi connectivity index (χ1n) is 10.1. The SMILES string of the molecule is CCCNC(=O)[C@H](C)N(Cc1cccc(Cl)c1)C(=O)CN(c1ccc(I)cc1)S(C)(=O)=O. The van der Waals surface area contributed by atoms with E-state index < -0.39 is 28.5 Å². The summed E-state index contributed by atoms with van der Waals surface area (Å²) in [5.41, 5.74) is 1.12. The Morgan fingerprint density at radius 1 is 1.16 bits per heavy atom. The molecule has 2 amide bonds. The van der Waals surface area contributed by atoms with Crippen molar-refractivity contribution < 1.29 is 18.0 Å². The molecule has 0 aliphatic carbocycles. The van der Waals surface area contributed by atoms with Crippen molar-refractivity contribution in [2.75, 3.05) is 23.7 Å². The molecule has 1 atom stereocenters.